The van der Waals surface area contributed by atoms with Crippen LogP contribution >= 0.6 is 0 Å². The largest absolute Gasteiger partial charge is 0.483 e. The van der Waals surface area contributed by atoms with Crippen LogP contribution in [0.1, 0.15) is 21.9 Å². The first-order chi connectivity index (χ1) is 9.88. The monoisotopic (exact) mass is 295 g/mol. The van der Waals surface area contributed by atoms with Crippen LogP contribution in [0, 0.1) is 22.9 Å². The zero-order chi connectivity index (χ0) is 15.6. The molecule has 0 fully saturated rings. The number of furan rings is 1. The molecule has 0 unspecified atom stereocenters. The van der Waals surface area contributed by atoms with E-state index < -0.39 is 16.7 Å². The normalized spacial score (nSPS) is 10.4. The fourth-order valence-corrected chi connectivity index (χ4v) is 1.70. The number of rotatable bonds is 5. The van der Waals surface area contributed by atoms with Crippen molar-refractivity contribution in [2.45, 2.75) is 13.5 Å². The minimum absolute atomic E-state index is 0.00206. The maximum Gasteiger partial charge on any atom is 0.339 e. The minimum Gasteiger partial charge on any atom is -0.483 e. The molecule has 2 aromatic rings. The topological polar surface area (TPSA) is 103 Å². The first kappa shape index (κ1) is 14.5. The van der Waals surface area contributed by atoms with Crippen LogP contribution in [0.15, 0.2) is 28.7 Å². The van der Waals surface area contributed by atoms with E-state index in [2.05, 4.69) is 0 Å². The van der Waals surface area contributed by atoms with Crippen LogP contribution in [0.25, 0.3) is 0 Å². The highest BCUT2D eigenvalue weighted by Crippen LogP contribution is 2.24. The van der Waals surface area contributed by atoms with Gasteiger partial charge in [0.1, 0.15) is 23.7 Å². The number of carbonyl (C=O) groups is 1. The lowest BCUT2D eigenvalue weighted by Gasteiger charge is -2.04. The van der Waals surface area contributed by atoms with Gasteiger partial charge in [-0.3, -0.25) is 10.1 Å². The standard InChI is InChI=1S/C13H10FNO6/c1-7-10(13(16)17)5-9(21-7)6-20-12-3-2-8(15(18)19)4-11(12)14/h2-5H,6H2,1H3,(H,16,17). The Bertz CT molecular complexity index is 709. The second kappa shape index (κ2) is 5.61. The average Bonchev–Trinajstić information content (AvgIpc) is 2.78. The van der Waals surface area contributed by atoms with Gasteiger partial charge in [-0.1, -0.05) is 0 Å². The average molecular weight is 295 g/mol. The van der Waals surface area contributed by atoms with Crippen molar-refractivity contribution in [1.29, 1.82) is 0 Å². The van der Waals surface area contributed by atoms with Crippen LogP contribution in [0.3, 0.4) is 0 Å². The highest BCUT2D eigenvalue weighted by molar-refractivity contribution is 5.88. The number of nitro groups is 1. The summed E-state index contributed by atoms with van der Waals surface area (Å²) in [5.74, 6) is -1.78. The molecule has 21 heavy (non-hydrogen) atoms. The van der Waals surface area contributed by atoms with Gasteiger partial charge in [-0.05, 0) is 19.1 Å². The van der Waals surface area contributed by atoms with Crippen LogP contribution in [-0.4, -0.2) is 16.0 Å². The number of hydrogen-bond acceptors (Lipinski definition) is 5. The number of aryl methyl sites for hydroxylation is 1. The van der Waals surface area contributed by atoms with Gasteiger partial charge in [-0.15, -0.1) is 0 Å². The van der Waals surface area contributed by atoms with E-state index in [4.69, 9.17) is 14.3 Å². The fraction of sp³-hybridized carbons (Fsp3) is 0.154. The number of non-ortho nitro benzene ring substituents is 1. The number of benzene rings is 1. The quantitative estimate of drug-likeness (QED) is 0.672. The Morgan fingerprint density at radius 3 is 2.71 bits per heavy atom. The lowest BCUT2D eigenvalue weighted by atomic mass is 10.2. The van der Waals surface area contributed by atoms with E-state index in [1.165, 1.54) is 13.0 Å². The van der Waals surface area contributed by atoms with E-state index in [9.17, 15) is 19.3 Å². The first-order valence-corrected chi connectivity index (χ1v) is 5.78. The molecule has 2 rings (SSSR count). The van der Waals surface area contributed by atoms with Crippen LogP contribution < -0.4 is 4.74 Å². The third kappa shape index (κ3) is 3.16. The van der Waals surface area contributed by atoms with Crippen LogP contribution in [0.5, 0.6) is 5.75 Å². The summed E-state index contributed by atoms with van der Waals surface area (Å²) < 4.78 is 23.9. The lowest BCUT2D eigenvalue weighted by molar-refractivity contribution is -0.385. The summed E-state index contributed by atoms with van der Waals surface area (Å²) >= 11 is 0. The molecule has 8 heteroatoms. The third-order valence-corrected chi connectivity index (χ3v) is 2.70. The van der Waals surface area contributed by atoms with Gasteiger partial charge in [0.15, 0.2) is 11.6 Å². The van der Waals surface area contributed by atoms with Crippen molar-refractivity contribution in [3.05, 3.63) is 57.3 Å². The Balaban J connectivity index is 2.11. The zero-order valence-electron chi connectivity index (χ0n) is 10.8. The summed E-state index contributed by atoms with van der Waals surface area (Å²) in [5.41, 5.74) is -0.389. The molecule has 0 atom stereocenters. The molecule has 0 aliphatic rings. The molecule has 0 bridgehead atoms. The number of carboxylic acids is 1. The smallest absolute Gasteiger partial charge is 0.339 e. The predicted octanol–water partition coefficient (Wildman–Crippen LogP) is 2.91. The Morgan fingerprint density at radius 2 is 2.19 bits per heavy atom. The Labute approximate surface area is 117 Å². The highest BCUT2D eigenvalue weighted by Gasteiger charge is 2.15. The Hall–Kier alpha value is -2.90. The molecule has 1 heterocycles. The molecule has 0 saturated carbocycles. The van der Waals surface area contributed by atoms with Gasteiger partial charge in [-0.25, -0.2) is 9.18 Å². The van der Waals surface area contributed by atoms with E-state index in [-0.39, 0.29) is 35.1 Å². The van der Waals surface area contributed by atoms with Crippen LogP contribution in [0.4, 0.5) is 10.1 Å². The summed E-state index contributed by atoms with van der Waals surface area (Å²) in [5, 5.41) is 19.3. The Morgan fingerprint density at radius 1 is 1.48 bits per heavy atom. The van der Waals surface area contributed by atoms with E-state index in [0.29, 0.717) is 0 Å². The number of nitro benzene ring substituents is 1. The molecule has 0 aliphatic carbocycles. The number of halogens is 1. The maximum absolute atomic E-state index is 13.6. The van der Waals surface area contributed by atoms with Gasteiger partial charge < -0.3 is 14.3 Å². The van der Waals surface area contributed by atoms with E-state index >= 15 is 0 Å². The number of hydrogen-bond donors (Lipinski definition) is 1. The molecule has 0 radical (unpaired) electrons. The minimum atomic E-state index is -1.14. The molecule has 1 aromatic carbocycles. The molecule has 1 aromatic heterocycles. The molecular weight excluding hydrogens is 285 g/mol. The van der Waals surface area contributed by atoms with Gasteiger partial charge in [0.25, 0.3) is 5.69 Å². The molecular formula is C13H10FNO6. The second-order valence-corrected chi connectivity index (χ2v) is 4.15. The van der Waals surface area contributed by atoms with E-state index in [1.54, 1.807) is 0 Å². The van der Waals surface area contributed by atoms with Crippen molar-refractivity contribution in [3.8, 4) is 5.75 Å². The third-order valence-electron chi connectivity index (χ3n) is 2.70. The summed E-state index contributed by atoms with van der Waals surface area (Å²) in [4.78, 5) is 20.6. The summed E-state index contributed by atoms with van der Waals surface area (Å²) in [6, 6.07) is 4.25. The van der Waals surface area contributed by atoms with Crippen LogP contribution in [0.2, 0.25) is 0 Å². The summed E-state index contributed by atoms with van der Waals surface area (Å²) in [6.07, 6.45) is 0. The summed E-state index contributed by atoms with van der Waals surface area (Å²) in [7, 11) is 0. The lowest BCUT2D eigenvalue weighted by Crippen LogP contribution is -1.98. The molecule has 0 saturated heterocycles. The summed E-state index contributed by atoms with van der Waals surface area (Å²) in [6.45, 7) is 1.29. The predicted molar refractivity (Wildman–Crippen MR) is 67.8 cm³/mol. The first-order valence-electron chi connectivity index (χ1n) is 5.78. The van der Waals surface area contributed by atoms with Crippen molar-refractivity contribution in [2.24, 2.45) is 0 Å². The Kier molecular flexibility index (Phi) is 3.88. The highest BCUT2D eigenvalue weighted by atomic mass is 19.1. The van der Waals surface area contributed by atoms with Crippen molar-refractivity contribution in [3.63, 3.8) is 0 Å². The van der Waals surface area contributed by atoms with Gasteiger partial charge in [-0.2, -0.15) is 0 Å². The molecule has 1 N–H and O–H groups in total. The van der Waals surface area contributed by atoms with Gasteiger partial charge in [0.05, 0.1) is 11.0 Å². The molecule has 7 nitrogen and oxygen atoms in total. The molecule has 110 valence electrons. The van der Waals surface area contributed by atoms with Gasteiger partial charge in [0.2, 0.25) is 0 Å². The maximum atomic E-state index is 13.6. The van der Waals surface area contributed by atoms with Crippen molar-refractivity contribution >= 4 is 11.7 Å². The fourth-order valence-electron chi connectivity index (χ4n) is 1.70. The van der Waals surface area contributed by atoms with Crippen molar-refractivity contribution < 1.29 is 28.4 Å². The number of nitrogens with zero attached hydrogens (tertiary/aromatic N) is 1. The number of ether oxygens (including phenoxy) is 1. The molecule has 0 amide bonds. The molecule has 0 aliphatic heterocycles. The van der Waals surface area contributed by atoms with E-state index in [0.717, 1.165) is 18.2 Å². The van der Waals surface area contributed by atoms with E-state index in [1.807, 2.05) is 0 Å². The zero-order valence-corrected chi connectivity index (χ0v) is 10.8. The van der Waals surface area contributed by atoms with Crippen molar-refractivity contribution in [1.82, 2.24) is 0 Å². The van der Waals surface area contributed by atoms with Crippen molar-refractivity contribution in [2.75, 3.05) is 0 Å². The SMILES string of the molecule is Cc1oc(COc2ccc([N+](=O)[O-])cc2F)cc1C(=O)O. The van der Waals surface area contributed by atoms with Crippen LogP contribution in [-0.2, 0) is 6.61 Å². The molecule has 0 spiro atoms. The van der Waals surface area contributed by atoms with Gasteiger partial charge >= 0.3 is 5.97 Å². The van der Waals surface area contributed by atoms with Gasteiger partial charge in [0, 0.05) is 6.07 Å². The number of carboxylic acid groups (broad SMARTS) is 1. The second-order valence-electron chi connectivity index (χ2n) is 4.15. The number of aromatic carboxylic acids is 1.